The van der Waals surface area contributed by atoms with Gasteiger partial charge in [-0.3, -0.25) is 14.2 Å². The standard InChI is InChI=1S/C21H17BrN2O3S/c1-21(2,3)18(25)16(12-23)20-24(14-7-4-6-13(22)10-14)19(26)17(28-20)11-15-8-5-9-27-15/h4-11H,1-3H3/b17-11-,20-16-. The van der Waals surface area contributed by atoms with Gasteiger partial charge in [0.2, 0.25) is 0 Å². The molecule has 3 aromatic rings. The van der Waals surface area contributed by atoms with Crippen molar-refractivity contribution < 1.29 is 9.21 Å². The fraction of sp³-hybridized carbons (Fsp3) is 0.190. The summed E-state index contributed by atoms with van der Waals surface area (Å²) in [4.78, 5) is 26.0. The number of rotatable bonds is 3. The Labute approximate surface area is 174 Å². The molecule has 28 heavy (non-hydrogen) atoms. The minimum atomic E-state index is -0.752. The second-order valence-corrected chi connectivity index (χ2v) is 9.06. The molecule has 1 aromatic carbocycles. The third-order valence-corrected chi connectivity index (χ3v) is 5.53. The Bertz CT molecular complexity index is 1250. The predicted octanol–water partition coefficient (Wildman–Crippen LogP) is 3.37. The first-order chi connectivity index (χ1) is 13.2. The molecule has 0 unspecified atom stereocenters. The van der Waals surface area contributed by atoms with Crippen LogP contribution in [0.25, 0.3) is 17.3 Å². The van der Waals surface area contributed by atoms with E-state index < -0.39 is 5.41 Å². The van der Waals surface area contributed by atoms with Crippen molar-refractivity contribution >= 4 is 44.7 Å². The number of ketones is 1. The zero-order valence-electron chi connectivity index (χ0n) is 15.5. The first kappa shape index (κ1) is 20.1. The van der Waals surface area contributed by atoms with E-state index in [0.29, 0.717) is 20.6 Å². The van der Waals surface area contributed by atoms with Crippen molar-refractivity contribution in [3.63, 3.8) is 0 Å². The number of carbonyl (C=O) groups is 1. The summed E-state index contributed by atoms with van der Waals surface area (Å²) in [5, 5.41) is 9.74. The highest BCUT2D eigenvalue weighted by atomic mass is 79.9. The summed E-state index contributed by atoms with van der Waals surface area (Å²) in [7, 11) is 0. The molecule has 0 aliphatic carbocycles. The van der Waals surface area contributed by atoms with Crippen molar-refractivity contribution in [1.82, 2.24) is 4.57 Å². The Balaban J connectivity index is 2.46. The molecule has 3 rings (SSSR count). The monoisotopic (exact) mass is 456 g/mol. The van der Waals surface area contributed by atoms with Gasteiger partial charge in [-0.1, -0.05) is 42.8 Å². The molecule has 0 aliphatic heterocycles. The molecule has 0 aliphatic rings. The van der Waals surface area contributed by atoms with E-state index in [-0.39, 0.29) is 16.9 Å². The summed E-state index contributed by atoms with van der Waals surface area (Å²) in [5.41, 5.74) is -0.533. The third kappa shape index (κ3) is 3.93. The normalized spacial score (nSPS) is 13.3. The summed E-state index contributed by atoms with van der Waals surface area (Å²) in [6.45, 7) is 5.24. The second kappa shape index (κ2) is 7.74. The molecule has 2 aromatic heterocycles. The molecule has 0 radical (unpaired) electrons. The van der Waals surface area contributed by atoms with Gasteiger partial charge in [-0.25, -0.2) is 0 Å². The summed E-state index contributed by atoms with van der Waals surface area (Å²) in [5.74, 6) is 0.205. The molecule has 0 amide bonds. The average Bonchev–Trinajstić information content (AvgIpc) is 3.24. The molecule has 0 bridgehead atoms. The van der Waals surface area contributed by atoms with Gasteiger partial charge in [-0.15, -0.1) is 11.3 Å². The van der Waals surface area contributed by atoms with Gasteiger partial charge in [0.05, 0.1) is 16.5 Å². The lowest BCUT2D eigenvalue weighted by atomic mass is 9.87. The molecular weight excluding hydrogens is 440 g/mol. The number of hydrogen-bond donors (Lipinski definition) is 0. The van der Waals surface area contributed by atoms with E-state index in [4.69, 9.17) is 4.42 Å². The van der Waals surface area contributed by atoms with Crippen LogP contribution in [0.5, 0.6) is 0 Å². The third-order valence-electron chi connectivity index (χ3n) is 3.94. The van der Waals surface area contributed by atoms with Crippen LogP contribution in [0.4, 0.5) is 0 Å². The van der Waals surface area contributed by atoms with Gasteiger partial charge < -0.3 is 4.42 Å². The predicted molar refractivity (Wildman–Crippen MR) is 113 cm³/mol. The summed E-state index contributed by atoms with van der Waals surface area (Å²) in [6.07, 6.45) is 3.13. The summed E-state index contributed by atoms with van der Waals surface area (Å²) in [6, 6.07) is 12.6. The molecule has 0 saturated heterocycles. The molecule has 0 N–H and O–H groups in total. The summed E-state index contributed by atoms with van der Waals surface area (Å²) >= 11 is 4.51. The number of hydrogen-bond acceptors (Lipinski definition) is 5. The Morgan fingerprint density at radius 3 is 2.61 bits per heavy atom. The van der Waals surface area contributed by atoms with Crippen molar-refractivity contribution in [3.05, 3.63) is 72.4 Å². The van der Waals surface area contributed by atoms with Crippen LogP contribution in [0.3, 0.4) is 0 Å². The van der Waals surface area contributed by atoms with Crippen LogP contribution in [0.1, 0.15) is 26.5 Å². The molecular formula is C21H17BrN2O3S. The first-order valence-electron chi connectivity index (χ1n) is 8.44. The van der Waals surface area contributed by atoms with Crippen molar-refractivity contribution in [2.24, 2.45) is 5.41 Å². The highest BCUT2D eigenvalue weighted by molar-refractivity contribution is 9.10. The van der Waals surface area contributed by atoms with Crippen LogP contribution >= 0.6 is 27.3 Å². The molecule has 5 nitrogen and oxygen atoms in total. The number of Topliss-reactive ketones (excluding diaryl/α,β-unsaturated/α-hetero) is 1. The van der Waals surface area contributed by atoms with Crippen molar-refractivity contribution in [3.8, 4) is 11.8 Å². The van der Waals surface area contributed by atoms with E-state index in [1.807, 2.05) is 12.1 Å². The molecule has 142 valence electrons. The van der Waals surface area contributed by atoms with Crippen LogP contribution in [0.15, 0.2) is 56.3 Å². The van der Waals surface area contributed by atoms with Crippen LogP contribution in [-0.4, -0.2) is 10.4 Å². The number of benzene rings is 1. The van der Waals surface area contributed by atoms with Crippen LogP contribution in [-0.2, 0) is 4.79 Å². The number of thiazole rings is 1. The Hall–Kier alpha value is -2.69. The Morgan fingerprint density at radius 1 is 1.29 bits per heavy atom. The van der Waals surface area contributed by atoms with Crippen molar-refractivity contribution in [2.45, 2.75) is 20.8 Å². The van der Waals surface area contributed by atoms with Gasteiger partial charge in [0.1, 0.15) is 22.1 Å². The van der Waals surface area contributed by atoms with E-state index in [2.05, 4.69) is 15.9 Å². The molecule has 0 atom stereocenters. The molecule has 2 heterocycles. The number of carbonyl (C=O) groups excluding carboxylic acids is 1. The Morgan fingerprint density at radius 2 is 2.04 bits per heavy atom. The SMILES string of the molecule is CC(C)(C)C(=O)/C(C#N)=c1\s/c(=C\c2ccco2)c(=O)n1-c1cccc(Br)c1. The largest absolute Gasteiger partial charge is 0.465 e. The maximum Gasteiger partial charge on any atom is 0.273 e. The number of halogens is 1. The highest BCUT2D eigenvalue weighted by Crippen LogP contribution is 2.20. The van der Waals surface area contributed by atoms with E-state index in [1.165, 1.54) is 10.8 Å². The lowest BCUT2D eigenvalue weighted by molar-refractivity contribution is -0.120. The van der Waals surface area contributed by atoms with Gasteiger partial charge in [0.25, 0.3) is 5.56 Å². The molecule has 0 saturated carbocycles. The van der Waals surface area contributed by atoms with E-state index >= 15 is 0 Å². The smallest absolute Gasteiger partial charge is 0.273 e. The van der Waals surface area contributed by atoms with Gasteiger partial charge in [0.15, 0.2) is 5.78 Å². The van der Waals surface area contributed by atoms with E-state index in [0.717, 1.165) is 15.8 Å². The number of nitrogens with zero attached hydrogens (tertiary/aromatic N) is 2. The summed E-state index contributed by atoms with van der Waals surface area (Å²) < 4.78 is 8.19. The van der Waals surface area contributed by atoms with Crippen LogP contribution < -0.4 is 14.8 Å². The zero-order chi connectivity index (χ0) is 20.5. The van der Waals surface area contributed by atoms with Gasteiger partial charge >= 0.3 is 0 Å². The number of aromatic nitrogens is 1. The van der Waals surface area contributed by atoms with E-state index in [1.54, 1.807) is 57.2 Å². The quantitative estimate of drug-likeness (QED) is 0.605. The van der Waals surface area contributed by atoms with Gasteiger partial charge in [-0.2, -0.15) is 5.26 Å². The lowest BCUT2D eigenvalue weighted by Gasteiger charge is -2.15. The van der Waals surface area contributed by atoms with Gasteiger partial charge in [-0.05, 0) is 30.3 Å². The first-order valence-corrected chi connectivity index (χ1v) is 10.1. The molecule has 7 heteroatoms. The zero-order valence-corrected chi connectivity index (χ0v) is 17.9. The Kier molecular flexibility index (Phi) is 5.54. The minimum absolute atomic E-state index is 0.0336. The lowest BCUT2D eigenvalue weighted by Crippen LogP contribution is -2.33. The fourth-order valence-electron chi connectivity index (χ4n) is 2.57. The fourth-order valence-corrected chi connectivity index (χ4v) is 4.04. The second-order valence-electron chi connectivity index (χ2n) is 7.12. The van der Waals surface area contributed by atoms with Gasteiger partial charge in [0, 0.05) is 16.0 Å². The average molecular weight is 457 g/mol. The van der Waals surface area contributed by atoms with E-state index in [9.17, 15) is 14.9 Å². The van der Waals surface area contributed by atoms with Crippen molar-refractivity contribution in [1.29, 1.82) is 5.26 Å². The van der Waals surface area contributed by atoms with Crippen LogP contribution in [0.2, 0.25) is 0 Å². The number of nitriles is 1. The molecule has 0 fully saturated rings. The maximum atomic E-state index is 13.2. The topological polar surface area (TPSA) is 76.0 Å². The minimum Gasteiger partial charge on any atom is -0.465 e. The maximum absolute atomic E-state index is 13.2. The highest BCUT2D eigenvalue weighted by Gasteiger charge is 2.27. The number of furan rings is 1. The molecule has 0 spiro atoms. The van der Waals surface area contributed by atoms with Crippen LogP contribution in [0, 0.1) is 16.7 Å². The van der Waals surface area contributed by atoms with Crippen molar-refractivity contribution in [2.75, 3.05) is 0 Å².